The van der Waals surface area contributed by atoms with Crippen LogP contribution in [0, 0.1) is 0 Å². The van der Waals surface area contributed by atoms with Gasteiger partial charge in [-0.25, -0.2) is 0 Å². The van der Waals surface area contributed by atoms with Gasteiger partial charge < -0.3 is 10.6 Å². The number of rotatable bonds is 2. The number of nitrogens with two attached hydrogens (primary N) is 1. The van der Waals surface area contributed by atoms with Crippen LogP contribution in [0.15, 0.2) is 12.1 Å². The van der Waals surface area contributed by atoms with E-state index in [0.717, 1.165) is 6.42 Å². The number of hydrogen-bond donors (Lipinski definition) is 1. The molecule has 1 amide bonds. The fraction of sp³-hybridized carbons (Fsp3) is 0.455. The Kier molecular flexibility index (Phi) is 3.07. The van der Waals surface area contributed by atoms with Crippen molar-refractivity contribution in [3.63, 3.8) is 0 Å². The largest absolute Gasteiger partial charge is 0.336 e. The maximum Gasteiger partial charge on any atom is 0.263 e. The van der Waals surface area contributed by atoms with E-state index in [1.807, 2.05) is 0 Å². The summed E-state index contributed by atoms with van der Waals surface area (Å²) in [7, 11) is 0. The van der Waals surface area contributed by atoms with Crippen molar-refractivity contribution in [2.45, 2.75) is 19.4 Å². The fourth-order valence-corrected chi connectivity index (χ4v) is 2.64. The fourth-order valence-electron chi connectivity index (χ4n) is 1.77. The van der Waals surface area contributed by atoms with Gasteiger partial charge >= 0.3 is 0 Å². The second kappa shape index (κ2) is 4.35. The van der Waals surface area contributed by atoms with E-state index in [2.05, 4.69) is 0 Å². The Hall–Kier alpha value is -1.20. The number of carbonyl (C=O) groups excluding carboxylic acids is 2. The van der Waals surface area contributed by atoms with E-state index < -0.39 is 0 Å². The van der Waals surface area contributed by atoms with Crippen LogP contribution in [0.25, 0.3) is 0 Å². The average Bonchev–Trinajstić information content (AvgIpc) is 2.84. The monoisotopic (exact) mass is 238 g/mol. The molecule has 1 atom stereocenters. The summed E-state index contributed by atoms with van der Waals surface area (Å²) in [6, 6.07) is 3.51. The zero-order valence-corrected chi connectivity index (χ0v) is 9.92. The van der Waals surface area contributed by atoms with Gasteiger partial charge in [-0.3, -0.25) is 9.59 Å². The second-order valence-electron chi connectivity index (χ2n) is 4.02. The molecule has 0 bridgehead atoms. The zero-order chi connectivity index (χ0) is 11.7. The number of hydrogen-bond acceptors (Lipinski definition) is 4. The number of nitrogens with zero attached hydrogens (tertiary/aromatic N) is 1. The van der Waals surface area contributed by atoms with Crippen LogP contribution in [0.3, 0.4) is 0 Å². The molecule has 16 heavy (non-hydrogen) atoms. The van der Waals surface area contributed by atoms with Crippen molar-refractivity contribution < 1.29 is 9.59 Å². The third kappa shape index (κ3) is 2.15. The van der Waals surface area contributed by atoms with Gasteiger partial charge in [0.05, 0.1) is 9.75 Å². The van der Waals surface area contributed by atoms with Crippen molar-refractivity contribution in [3.05, 3.63) is 21.9 Å². The summed E-state index contributed by atoms with van der Waals surface area (Å²) in [5, 5.41) is 0. The molecule has 2 N–H and O–H groups in total. The van der Waals surface area contributed by atoms with Crippen LogP contribution in [-0.4, -0.2) is 35.7 Å². The van der Waals surface area contributed by atoms with Crippen molar-refractivity contribution in [2.24, 2.45) is 5.73 Å². The first-order valence-corrected chi connectivity index (χ1v) is 6.05. The number of likely N-dealkylation sites (tertiary alicyclic amines) is 1. The molecule has 4 nitrogen and oxygen atoms in total. The topological polar surface area (TPSA) is 63.4 Å². The molecule has 1 fully saturated rings. The highest BCUT2D eigenvalue weighted by Gasteiger charge is 2.25. The summed E-state index contributed by atoms with van der Waals surface area (Å²) in [6.45, 7) is 2.84. The van der Waals surface area contributed by atoms with Gasteiger partial charge in [0.1, 0.15) is 0 Å². The molecule has 1 aliphatic heterocycles. The number of amides is 1. The van der Waals surface area contributed by atoms with E-state index in [-0.39, 0.29) is 17.7 Å². The van der Waals surface area contributed by atoms with Crippen molar-refractivity contribution in [3.8, 4) is 0 Å². The van der Waals surface area contributed by atoms with Crippen molar-refractivity contribution in [1.29, 1.82) is 0 Å². The Morgan fingerprint density at radius 1 is 1.44 bits per heavy atom. The molecule has 5 heteroatoms. The Morgan fingerprint density at radius 3 is 2.62 bits per heavy atom. The van der Waals surface area contributed by atoms with Gasteiger partial charge in [0.25, 0.3) is 5.91 Å². The molecular weight excluding hydrogens is 224 g/mol. The molecule has 1 aliphatic rings. The lowest BCUT2D eigenvalue weighted by Crippen LogP contribution is -2.31. The molecule has 2 rings (SSSR count). The first-order valence-electron chi connectivity index (χ1n) is 5.23. The maximum atomic E-state index is 12.0. The standard InChI is InChI=1S/C11H14N2O2S/c1-7(14)9-2-3-10(16-9)11(15)13-5-4-8(12)6-13/h2-3,8H,4-6,12H2,1H3/t8-/m0/s1. The molecule has 1 saturated heterocycles. The molecule has 0 aromatic carbocycles. The molecule has 2 heterocycles. The molecule has 86 valence electrons. The van der Waals surface area contributed by atoms with Gasteiger partial charge in [0, 0.05) is 19.1 Å². The molecule has 0 spiro atoms. The van der Waals surface area contributed by atoms with Gasteiger partial charge in [-0.1, -0.05) is 0 Å². The normalized spacial score (nSPS) is 20.1. The summed E-state index contributed by atoms with van der Waals surface area (Å²) in [4.78, 5) is 26.1. The predicted octanol–water partition coefficient (Wildman–Crippen LogP) is 1.12. The number of ketones is 1. The summed E-state index contributed by atoms with van der Waals surface area (Å²) >= 11 is 1.26. The van der Waals surface area contributed by atoms with Crippen molar-refractivity contribution >= 4 is 23.0 Å². The number of carbonyl (C=O) groups is 2. The van der Waals surface area contributed by atoms with Crippen LogP contribution < -0.4 is 5.73 Å². The van der Waals surface area contributed by atoms with E-state index in [4.69, 9.17) is 5.73 Å². The molecular formula is C11H14N2O2S. The van der Waals surface area contributed by atoms with Crippen LogP contribution in [-0.2, 0) is 0 Å². The van der Waals surface area contributed by atoms with Crippen molar-refractivity contribution in [2.75, 3.05) is 13.1 Å². The highest BCUT2D eigenvalue weighted by molar-refractivity contribution is 7.15. The van der Waals surface area contributed by atoms with Crippen LogP contribution >= 0.6 is 11.3 Å². The molecule has 0 aliphatic carbocycles. The highest BCUT2D eigenvalue weighted by Crippen LogP contribution is 2.20. The lowest BCUT2D eigenvalue weighted by atomic mass is 10.3. The lowest BCUT2D eigenvalue weighted by molar-refractivity contribution is 0.0795. The third-order valence-corrected chi connectivity index (χ3v) is 3.85. The quantitative estimate of drug-likeness (QED) is 0.785. The van der Waals surface area contributed by atoms with Gasteiger partial charge in [-0.05, 0) is 25.5 Å². The molecule has 1 aromatic rings. The zero-order valence-electron chi connectivity index (χ0n) is 9.10. The highest BCUT2D eigenvalue weighted by atomic mass is 32.1. The van der Waals surface area contributed by atoms with Crippen molar-refractivity contribution in [1.82, 2.24) is 4.90 Å². The molecule has 0 unspecified atom stereocenters. The van der Waals surface area contributed by atoms with E-state index in [9.17, 15) is 9.59 Å². The first-order chi connectivity index (χ1) is 7.58. The summed E-state index contributed by atoms with van der Waals surface area (Å²) in [6.07, 6.45) is 0.858. The minimum Gasteiger partial charge on any atom is -0.336 e. The Bertz CT molecular complexity index is 427. The van der Waals surface area contributed by atoms with Gasteiger partial charge in [0.2, 0.25) is 0 Å². The maximum absolute atomic E-state index is 12.0. The Labute approximate surface area is 98.0 Å². The SMILES string of the molecule is CC(=O)c1ccc(C(=O)N2CC[C@H](N)C2)s1. The average molecular weight is 238 g/mol. The minimum absolute atomic E-state index is 0.00201. The number of thiophene rings is 1. The van der Waals surface area contributed by atoms with Gasteiger partial charge in [-0.15, -0.1) is 11.3 Å². The van der Waals surface area contributed by atoms with E-state index in [1.165, 1.54) is 18.3 Å². The summed E-state index contributed by atoms with van der Waals surface area (Å²) < 4.78 is 0. The lowest BCUT2D eigenvalue weighted by Gasteiger charge is -2.13. The Morgan fingerprint density at radius 2 is 2.12 bits per heavy atom. The first kappa shape index (κ1) is 11.3. The minimum atomic E-state index is -0.00884. The summed E-state index contributed by atoms with van der Waals surface area (Å²) in [5.41, 5.74) is 5.75. The van der Waals surface area contributed by atoms with Crippen LogP contribution in [0.1, 0.15) is 32.7 Å². The Balaban J connectivity index is 2.11. The van der Waals surface area contributed by atoms with Gasteiger partial charge in [-0.2, -0.15) is 0 Å². The predicted molar refractivity (Wildman–Crippen MR) is 62.8 cm³/mol. The molecule has 1 aromatic heterocycles. The van der Waals surface area contributed by atoms with Gasteiger partial charge in [0.15, 0.2) is 5.78 Å². The molecule has 0 saturated carbocycles. The smallest absolute Gasteiger partial charge is 0.263 e. The molecule has 0 radical (unpaired) electrons. The van der Waals surface area contributed by atoms with E-state index in [0.29, 0.717) is 22.8 Å². The second-order valence-corrected chi connectivity index (χ2v) is 5.10. The third-order valence-electron chi connectivity index (χ3n) is 2.68. The van der Waals surface area contributed by atoms with E-state index in [1.54, 1.807) is 17.0 Å². The number of Topliss-reactive ketones (excluding diaryl/α,β-unsaturated/α-hetero) is 1. The summed E-state index contributed by atoms with van der Waals surface area (Å²) in [5.74, 6) is -0.00683. The van der Waals surface area contributed by atoms with Crippen LogP contribution in [0.2, 0.25) is 0 Å². The van der Waals surface area contributed by atoms with Crippen LogP contribution in [0.5, 0.6) is 0 Å². The van der Waals surface area contributed by atoms with E-state index >= 15 is 0 Å². The van der Waals surface area contributed by atoms with Crippen LogP contribution in [0.4, 0.5) is 0 Å².